The van der Waals surface area contributed by atoms with E-state index >= 15 is 0 Å². The molecule has 0 spiro atoms. The lowest BCUT2D eigenvalue weighted by Crippen LogP contribution is -2.50. The Labute approximate surface area is 91.9 Å². The van der Waals surface area contributed by atoms with E-state index in [0.717, 1.165) is 4.88 Å². The minimum Gasteiger partial charge on any atom is -0.353 e. The third-order valence-electron chi connectivity index (χ3n) is 2.30. The second-order valence-corrected chi connectivity index (χ2v) is 4.45. The molecule has 15 heavy (non-hydrogen) atoms. The lowest BCUT2D eigenvalue weighted by Gasteiger charge is -2.26. The van der Waals surface area contributed by atoms with Gasteiger partial charge in [-0.15, -0.1) is 11.3 Å². The molecule has 1 aliphatic rings. The Kier molecular flexibility index (Phi) is 3.01. The number of amides is 2. The maximum absolute atomic E-state index is 11.8. The molecule has 1 aromatic rings. The highest BCUT2D eigenvalue weighted by Gasteiger charge is 2.20. The molecule has 1 saturated heterocycles. The van der Waals surface area contributed by atoms with E-state index in [0.29, 0.717) is 19.5 Å². The van der Waals surface area contributed by atoms with E-state index in [1.807, 2.05) is 17.5 Å². The summed E-state index contributed by atoms with van der Waals surface area (Å²) < 4.78 is 0. The summed E-state index contributed by atoms with van der Waals surface area (Å²) in [6.07, 6.45) is 0.408. The number of thiophene rings is 1. The van der Waals surface area contributed by atoms with Crippen molar-refractivity contribution >= 4 is 23.2 Å². The van der Waals surface area contributed by atoms with Gasteiger partial charge in [0.25, 0.3) is 0 Å². The molecule has 80 valence electrons. The van der Waals surface area contributed by atoms with Crippen LogP contribution in [0.15, 0.2) is 17.5 Å². The van der Waals surface area contributed by atoms with Gasteiger partial charge in [0, 0.05) is 18.0 Å². The van der Waals surface area contributed by atoms with Crippen LogP contribution in [0.5, 0.6) is 0 Å². The van der Waals surface area contributed by atoms with Gasteiger partial charge in [0.1, 0.15) is 0 Å². The predicted molar refractivity (Wildman–Crippen MR) is 57.6 cm³/mol. The molecular formula is C10H12N2O2S. The highest BCUT2D eigenvalue weighted by atomic mass is 32.1. The van der Waals surface area contributed by atoms with E-state index in [9.17, 15) is 9.59 Å². The monoisotopic (exact) mass is 224 g/mol. The molecule has 0 saturated carbocycles. The zero-order valence-electron chi connectivity index (χ0n) is 8.23. The van der Waals surface area contributed by atoms with Crippen LogP contribution in [0.4, 0.5) is 0 Å². The van der Waals surface area contributed by atoms with Crippen LogP contribution in [0.1, 0.15) is 4.88 Å². The lowest BCUT2D eigenvalue weighted by atomic mass is 10.2. The molecule has 0 atom stereocenters. The zero-order chi connectivity index (χ0) is 10.7. The van der Waals surface area contributed by atoms with Crippen molar-refractivity contribution in [1.82, 2.24) is 10.2 Å². The van der Waals surface area contributed by atoms with Crippen LogP contribution >= 0.6 is 11.3 Å². The molecule has 4 nitrogen and oxygen atoms in total. The number of carbonyl (C=O) groups is 2. The molecule has 0 radical (unpaired) electrons. The Morgan fingerprint density at radius 3 is 3.13 bits per heavy atom. The number of nitrogens with one attached hydrogen (secondary N) is 1. The van der Waals surface area contributed by atoms with Crippen molar-refractivity contribution in [2.75, 3.05) is 19.6 Å². The smallest absolute Gasteiger partial charge is 0.239 e. The van der Waals surface area contributed by atoms with Crippen molar-refractivity contribution < 1.29 is 9.59 Å². The van der Waals surface area contributed by atoms with E-state index in [1.165, 1.54) is 0 Å². The quantitative estimate of drug-likeness (QED) is 0.783. The average Bonchev–Trinajstić information content (AvgIpc) is 2.70. The van der Waals surface area contributed by atoms with E-state index < -0.39 is 0 Å². The number of hydrogen-bond donors (Lipinski definition) is 1. The number of nitrogens with zero attached hydrogens (tertiary/aromatic N) is 1. The molecule has 1 aromatic heterocycles. The first-order chi connectivity index (χ1) is 7.25. The summed E-state index contributed by atoms with van der Waals surface area (Å²) in [5, 5.41) is 4.65. The van der Waals surface area contributed by atoms with E-state index in [4.69, 9.17) is 0 Å². The molecule has 1 aliphatic heterocycles. The van der Waals surface area contributed by atoms with Crippen LogP contribution in [0, 0.1) is 0 Å². The molecule has 0 unspecified atom stereocenters. The Hall–Kier alpha value is -1.36. The van der Waals surface area contributed by atoms with Gasteiger partial charge in [-0.3, -0.25) is 9.59 Å². The first-order valence-electron chi connectivity index (χ1n) is 4.82. The second-order valence-electron chi connectivity index (χ2n) is 3.42. The standard InChI is InChI=1S/C10H12N2O2S/c13-9-7-12(4-3-11-9)10(14)6-8-2-1-5-15-8/h1-2,5H,3-4,6-7H2,(H,11,13). The highest BCUT2D eigenvalue weighted by molar-refractivity contribution is 7.10. The minimum atomic E-state index is -0.0687. The Morgan fingerprint density at radius 2 is 2.47 bits per heavy atom. The van der Waals surface area contributed by atoms with Gasteiger partial charge in [-0.1, -0.05) is 6.07 Å². The van der Waals surface area contributed by atoms with Gasteiger partial charge < -0.3 is 10.2 Å². The maximum atomic E-state index is 11.8. The largest absolute Gasteiger partial charge is 0.353 e. The van der Waals surface area contributed by atoms with E-state index in [2.05, 4.69) is 5.32 Å². The molecule has 0 bridgehead atoms. The maximum Gasteiger partial charge on any atom is 0.239 e. The fourth-order valence-electron chi connectivity index (χ4n) is 1.53. The van der Waals surface area contributed by atoms with Crippen molar-refractivity contribution in [2.24, 2.45) is 0 Å². The summed E-state index contributed by atoms with van der Waals surface area (Å²) in [6, 6.07) is 3.86. The van der Waals surface area contributed by atoms with Crippen molar-refractivity contribution in [3.8, 4) is 0 Å². The van der Waals surface area contributed by atoms with Crippen LogP contribution in [-0.4, -0.2) is 36.3 Å². The molecular weight excluding hydrogens is 212 g/mol. The fourth-order valence-corrected chi connectivity index (χ4v) is 2.22. The predicted octanol–water partition coefficient (Wildman–Crippen LogP) is 0.249. The number of hydrogen-bond acceptors (Lipinski definition) is 3. The number of piperazine rings is 1. The SMILES string of the molecule is O=C1CN(C(=O)Cc2cccs2)CCN1. The summed E-state index contributed by atoms with van der Waals surface area (Å²) in [6.45, 7) is 1.38. The van der Waals surface area contributed by atoms with Crippen LogP contribution < -0.4 is 5.32 Å². The summed E-state index contributed by atoms with van der Waals surface area (Å²) in [5.74, 6) is -0.0342. The summed E-state index contributed by atoms with van der Waals surface area (Å²) in [4.78, 5) is 25.5. The number of carbonyl (C=O) groups excluding carboxylic acids is 2. The van der Waals surface area contributed by atoms with Crippen LogP contribution in [-0.2, 0) is 16.0 Å². The normalized spacial score (nSPS) is 16.3. The molecule has 0 aromatic carbocycles. The van der Waals surface area contributed by atoms with Gasteiger partial charge in [0.05, 0.1) is 13.0 Å². The van der Waals surface area contributed by atoms with Crippen LogP contribution in [0.3, 0.4) is 0 Å². The molecule has 5 heteroatoms. The summed E-state index contributed by atoms with van der Waals surface area (Å²) in [5.41, 5.74) is 0. The fraction of sp³-hybridized carbons (Fsp3) is 0.400. The number of rotatable bonds is 2. The highest BCUT2D eigenvalue weighted by Crippen LogP contribution is 2.10. The zero-order valence-corrected chi connectivity index (χ0v) is 9.05. The molecule has 2 rings (SSSR count). The van der Waals surface area contributed by atoms with Crippen molar-refractivity contribution in [3.05, 3.63) is 22.4 Å². The van der Waals surface area contributed by atoms with Gasteiger partial charge in [-0.05, 0) is 11.4 Å². The van der Waals surface area contributed by atoms with Gasteiger partial charge >= 0.3 is 0 Å². The Balaban J connectivity index is 1.93. The molecule has 2 heterocycles. The van der Waals surface area contributed by atoms with Gasteiger partial charge in [0.2, 0.25) is 11.8 Å². The van der Waals surface area contributed by atoms with Crippen LogP contribution in [0.2, 0.25) is 0 Å². The van der Waals surface area contributed by atoms with Gasteiger partial charge in [-0.25, -0.2) is 0 Å². The third kappa shape index (κ3) is 2.56. The average molecular weight is 224 g/mol. The van der Waals surface area contributed by atoms with E-state index in [-0.39, 0.29) is 18.4 Å². The first kappa shape index (κ1) is 10.2. The van der Waals surface area contributed by atoms with Gasteiger partial charge in [0.15, 0.2) is 0 Å². The third-order valence-corrected chi connectivity index (χ3v) is 3.17. The van der Waals surface area contributed by atoms with Crippen molar-refractivity contribution in [3.63, 3.8) is 0 Å². The van der Waals surface area contributed by atoms with Crippen molar-refractivity contribution in [2.45, 2.75) is 6.42 Å². The lowest BCUT2D eigenvalue weighted by molar-refractivity contribution is -0.137. The van der Waals surface area contributed by atoms with E-state index in [1.54, 1.807) is 16.2 Å². The second kappa shape index (κ2) is 4.44. The summed E-state index contributed by atoms with van der Waals surface area (Å²) in [7, 11) is 0. The summed E-state index contributed by atoms with van der Waals surface area (Å²) >= 11 is 1.57. The molecule has 1 fully saturated rings. The van der Waals surface area contributed by atoms with Crippen LogP contribution in [0.25, 0.3) is 0 Å². The topological polar surface area (TPSA) is 49.4 Å². The molecule has 1 N–H and O–H groups in total. The van der Waals surface area contributed by atoms with Gasteiger partial charge in [-0.2, -0.15) is 0 Å². The van der Waals surface area contributed by atoms with Crippen molar-refractivity contribution in [1.29, 1.82) is 0 Å². The first-order valence-corrected chi connectivity index (χ1v) is 5.70. The Bertz CT molecular complexity index is 362. The molecule has 0 aliphatic carbocycles. The Morgan fingerprint density at radius 1 is 1.60 bits per heavy atom. The molecule has 2 amide bonds. The minimum absolute atomic E-state index is 0.0345.